The number of benzene rings is 3. The van der Waals surface area contributed by atoms with E-state index in [1.54, 1.807) is 11.0 Å². The molecular formula is C25H24ClFN4O. The lowest BCUT2D eigenvalue weighted by molar-refractivity contribution is 0.256. The number of anilines is 2. The van der Waals surface area contributed by atoms with Crippen LogP contribution in [0.4, 0.5) is 20.6 Å². The van der Waals surface area contributed by atoms with Crippen LogP contribution in [-0.4, -0.2) is 38.1 Å². The molecule has 0 fully saturated rings. The first kappa shape index (κ1) is 23.3. The van der Waals surface area contributed by atoms with Crippen LogP contribution < -0.4 is 10.2 Å². The first-order chi connectivity index (χ1) is 15.4. The molecule has 3 rings (SSSR count). The minimum absolute atomic E-state index is 0.0501. The van der Waals surface area contributed by atoms with Gasteiger partial charge in [-0.05, 0) is 80.7 Å². The van der Waals surface area contributed by atoms with Crippen molar-refractivity contribution in [3.63, 3.8) is 0 Å². The Morgan fingerprint density at radius 2 is 1.78 bits per heavy atom. The van der Waals surface area contributed by atoms with Gasteiger partial charge < -0.3 is 10.2 Å². The summed E-state index contributed by atoms with van der Waals surface area (Å²) >= 11 is 5.84. The Kier molecular flexibility index (Phi) is 7.82. The third-order valence-corrected chi connectivity index (χ3v) is 5.20. The van der Waals surface area contributed by atoms with Crippen LogP contribution in [0.2, 0.25) is 5.02 Å². The van der Waals surface area contributed by atoms with Crippen LogP contribution in [0, 0.1) is 17.1 Å². The van der Waals surface area contributed by atoms with Crippen molar-refractivity contribution in [2.24, 2.45) is 0 Å². The minimum Gasteiger partial charge on any atom is -0.309 e. The largest absolute Gasteiger partial charge is 0.326 e. The Morgan fingerprint density at radius 1 is 1.03 bits per heavy atom. The van der Waals surface area contributed by atoms with Crippen molar-refractivity contribution in [3.05, 3.63) is 83.1 Å². The molecule has 1 N–H and O–H groups in total. The van der Waals surface area contributed by atoms with Crippen LogP contribution >= 0.6 is 11.6 Å². The van der Waals surface area contributed by atoms with Crippen molar-refractivity contribution < 1.29 is 9.18 Å². The van der Waals surface area contributed by atoms with Gasteiger partial charge in [-0.3, -0.25) is 4.90 Å². The molecule has 0 bridgehead atoms. The maximum absolute atomic E-state index is 13.4. The van der Waals surface area contributed by atoms with Gasteiger partial charge in [-0.1, -0.05) is 35.9 Å². The predicted octanol–water partition coefficient (Wildman–Crippen LogP) is 6.01. The maximum atomic E-state index is 13.4. The Balaban J connectivity index is 1.82. The third-order valence-electron chi connectivity index (χ3n) is 4.91. The Bertz CT molecular complexity index is 1130. The number of nitrogens with one attached hydrogen (secondary N) is 1. The average molecular weight is 451 g/mol. The van der Waals surface area contributed by atoms with E-state index in [1.165, 1.54) is 18.2 Å². The molecule has 7 heteroatoms. The highest BCUT2D eigenvalue weighted by Gasteiger charge is 2.17. The summed E-state index contributed by atoms with van der Waals surface area (Å²) in [6, 6.07) is 20.9. The molecule has 0 aliphatic heterocycles. The van der Waals surface area contributed by atoms with Crippen LogP contribution in [0.5, 0.6) is 0 Å². The van der Waals surface area contributed by atoms with E-state index in [2.05, 4.69) is 16.3 Å². The van der Waals surface area contributed by atoms with Gasteiger partial charge in [0.05, 0.1) is 16.7 Å². The highest BCUT2D eigenvalue weighted by atomic mass is 35.5. The molecule has 3 aromatic rings. The second-order valence-corrected chi connectivity index (χ2v) is 8.01. The van der Waals surface area contributed by atoms with E-state index >= 15 is 0 Å². The molecule has 0 heterocycles. The summed E-state index contributed by atoms with van der Waals surface area (Å²) in [5.41, 5.74) is 3.62. The molecule has 0 spiro atoms. The van der Waals surface area contributed by atoms with Gasteiger partial charge in [0.1, 0.15) is 5.82 Å². The monoisotopic (exact) mass is 450 g/mol. The average Bonchev–Trinajstić information content (AvgIpc) is 2.79. The molecule has 2 amide bonds. The van der Waals surface area contributed by atoms with Gasteiger partial charge in [-0.2, -0.15) is 5.26 Å². The van der Waals surface area contributed by atoms with E-state index in [9.17, 15) is 9.18 Å². The normalized spacial score (nSPS) is 10.6. The number of halogens is 2. The van der Waals surface area contributed by atoms with Crippen molar-refractivity contribution in [1.29, 1.82) is 5.26 Å². The molecule has 0 radical (unpaired) electrons. The number of nitriles is 1. The topological polar surface area (TPSA) is 59.4 Å². The van der Waals surface area contributed by atoms with Crippen molar-refractivity contribution in [2.75, 3.05) is 37.4 Å². The minimum atomic E-state index is -0.538. The Hall–Kier alpha value is -3.40. The van der Waals surface area contributed by atoms with E-state index in [0.717, 1.165) is 29.8 Å². The van der Waals surface area contributed by atoms with E-state index in [0.29, 0.717) is 17.8 Å². The Morgan fingerprint density at radius 3 is 2.44 bits per heavy atom. The van der Waals surface area contributed by atoms with Crippen molar-refractivity contribution in [1.82, 2.24) is 4.90 Å². The molecule has 5 nitrogen and oxygen atoms in total. The maximum Gasteiger partial charge on any atom is 0.326 e. The van der Waals surface area contributed by atoms with Gasteiger partial charge in [0.2, 0.25) is 0 Å². The lowest BCUT2D eigenvalue weighted by Gasteiger charge is -2.24. The van der Waals surface area contributed by atoms with Gasteiger partial charge in [0.25, 0.3) is 0 Å². The number of urea groups is 1. The molecule has 0 unspecified atom stereocenters. The van der Waals surface area contributed by atoms with Gasteiger partial charge >= 0.3 is 6.03 Å². The highest BCUT2D eigenvalue weighted by molar-refractivity contribution is 6.31. The van der Waals surface area contributed by atoms with Gasteiger partial charge in [0, 0.05) is 17.9 Å². The van der Waals surface area contributed by atoms with Crippen LogP contribution in [0.25, 0.3) is 11.1 Å². The standard InChI is InChI=1S/C25H24ClFN4O/c1-30(2)13-4-14-31(25(32)29-21-9-12-24(27)23(26)16-21)22-10-7-19(8-11-22)20-6-3-5-18(15-20)17-28/h3,5-12,15-16H,4,13-14H2,1-2H3,(H,29,32). The summed E-state index contributed by atoms with van der Waals surface area (Å²) in [5.74, 6) is -0.538. The SMILES string of the molecule is CN(C)CCCN(C(=O)Nc1ccc(F)c(Cl)c1)c1ccc(-c2cccc(C#N)c2)cc1. The van der Waals surface area contributed by atoms with Crippen LogP contribution in [0.3, 0.4) is 0 Å². The number of nitrogens with zero attached hydrogens (tertiary/aromatic N) is 3. The summed E-state index contributed by atoms with van der Waals surface area (Å²) in [4.78, 5) is 16.8. The first-order valence-electron chi connectivity index (χ1n) is 10.2. The summed E-state index contributed by atoms with van der Waals surface area (Å²) in [6.07, 6.45) is 0.774. The molecule has 0 aliphatic rings. The molecule has 0 atom stereocenters. The predicted molar refractivity (Wildman–Crippen MR) is 128 cm³/mol. The van der Waals surface area contributed by atoms with Crippen LogP contribution in [-0.2, 0) is 0 Å². The second kappa shape index (κ2) is 10.8. The van der Waals surface area contributed by atoms with Crippen LogP contribution in [0.15, 0.2) is 66.7 Å². The second-order valence-electron chi connectivity index (χ2n) is 7.61. The van der Waals surface area contributed by atoms with E-state index < -0.39 is 5.82 Å². The zero-order chi connectivity index (χ0) is 23.1. The number of hydrogen-bond acceptors (Lipinski definition) is 3. The van der Waals surface area contributed by atoms with E-state index in [-0.39, 0.29) is 11.1 Å². The highest BCUT2D eigenvalue weighted by Crippen LogP contribution is 2.25. The molecule has 0 aliphatic carbocycles. The molecule has 3 aromatic carbocycles. The summed E-state index contributed by atoms with van der Waals surface area (Å²) < 4.78 is 13.4. The van der Waals surface area contributed by atoms with Gasteiger partial charge in [-0.15, -0.1) is 0 Å². The molecule has 0 saturated heterocycles. The molecule has 0 saturated carbocycles. The number of amides is 2. The fourth-order valence-corrected chi connectivity index (χ4v) is 3.44. The molecule has 164 valence electrons. The summed E-state index contributed by atoms with van der Waals surface area (Å²) in [6.45, 7) is 1.33. The van der Waals surface area contributed by atoms with Crippen molar-refractivity contribution in [2.45, 2.75) is 6.42 Å². The quantitative estimate of drug-likeness (QED) is 0.479. The molecule has 0 aromatic heterocycles. The zero-order valence-corrected chi connectivity index (χ0v) is 18.7. The first-order valence-corrected chi connectivity index (χ1v) is 10.5. The summed E-state index contributed by atoms with van der Waals surface area (Å²) in [5, 5.41) is 11.9. The fourth-order valence-electron chi connectivity index (χ4n) is 3.26. The zero-order valence-electron chi connectivity index (χ0n) is 18.0. The van der Waals surface area contributed by atoms with Gasteiger partial charge in [0.15, 0.2) is 0 Å². The molecule has 32 heavy (non-hydrogen) atoms. The third kappa shape index (κ3) is 6.07. The lowest BCUT2D eigenvalue weighted by Crippen LogP contribution is -2.36. The smallest absolute Gasteiger partial charge is 0.309 e. The number of carbonyl (C=O) groups is 1. The molecular weight excluding hydrogens is 427 g/mol. The van der Waals surface area contributed by atoms with Crippen molar-refractivity contribution >= 4 is 29.0 Å². The Labute approximate surface area is 192 Å². The van der Waals surface area contributed by atoms with E-state index in [4.69, 9.17) is 16.9 Å². The van der Waals surface area contributed by atoms with E-state index in [1.807, 2.05) is 56.6 Å². The number of rotatable bonds is 7. The fraction of sp³-hybridized carbons (Fsp3) is 0.200. The van der Waals surface area contributed by atoms with Crippen LogP contribution in [0.1, 0.15) is 12.0 Å². The van der Waals surface area contributed by atoms with Crippen molar-refractivity contribution in [3.8, 4) is 17.2 Å². The number of carbonyl (C=O) groups excluding carboxylic acids is 1. The lowest BCUT2D eigenvalue weighted by atomic mass is 10.0. The summed E-state index contributed by atoms with van der Waals surface area (Å²) in [7, 11) is 3.96. The number of hydrogen-bond donors (Lipinski definition) is 1. The van der Waals surface area contributed by atoms with Gasteiger partial charge in [-0.25, -0.2) is 9.18 Å².